The van der Waals surface area contributed by atoms with E-state index in [1.165, 1.54) is 23.9 Å². The zero-order chi connectivity index (χ0) is 14.5. The molecular weight excluding hydrogens is 287 g/mol. The van der Waals surface area contributed by atoms with E-state index in [2.05, 4.69) is 10.2 Å². The SMILES string of the molecule is Fc1ccc(CCSc2nnc(-c3ccccc3)o2)cc1. The number of benzene rings is 2. The summed E-state index contributed by atoms with van der Waals surface area (Å²) in [4.78, 5) is 0. The summed E-state index contributed by atoms with van der Waals surface area (Å²) < 4.78 is 18.4. The Hall–Kier alpha value is -2.14. The molecular formula is C16H13FN2OS. The van der Waals surface area contributed by atoms with Gasteiger partial charge in [-0.3, -0.25) is 0 Å². The number of aryl methyl sites for hydroxylation is 1. The van der Waals surface area contributed by atoms with Gasteiger partial charge in [0.25, 0.3) is 5.22 Å². The van der Waals surface area contributed by atoms with Crippen LogP contribution in [0.5, 0.6) is 0 Å². The third-order valence-corrected chi connectivity index (χ3v) is 3.78. The molecule has 0 saturated carbocycles. The first kappa shape index (κ1) is 13.8. The smallest absolute Gasteiger partial charge is 0.276 e. The molecule has 21 heavy (non-hydrogen) atoms. The number of thioether (sulfide) groups is 1. The van der Waals surface area contributed by atoms with Crippen molar-refractivity contribution in [2.45, 2.75) is 11.6 Å². The van der Waals surface area contributed by atoms with Crippen LogP contribution in [0.4, 0.5) is 4.39 Å². The van der Waals surface area contributed by atoms with Gasteiger partial charge >= 0.3 is 0 Å². The van der Waals surface area contributed by atoms with E-state index < -0.39 is 0 Å². The summed E-state index contributed by atoms with van der Waals surface area (Å²) in [5.41, 5.74) is 2.00. The van der Waals surface area contributed by atoms with Gasteiger partial charge in [0.1, 0.15) is 5.82 Å². The van der Waals surface area contributed by atoms with E-state index in [0.717, 1.165) is 23.3 Å². The van der Waals surface area contributed by atoms with Crippen LogP contribution in [0.2, 0.25) is 0 Å². The van der Waals surface area contributed by atoms with Gasteiger partial charge in [0.15, 0.2) is 0 Å². The number of hydrogen-bond donors (Lipinski definition) is 0. The predicted molar refractivity (Wildman–Crippen MR) is 80.6 cm³/mol. The van der Waals surface area contributed by atoms with Crippen molar-refractivity contribution >= 4 is 11.8 Å². The molecule has 0 N–H and O–H groups in total. The molecule has 1 aromatic heterocycles. The van der Waals surface area contributed by atoms with Gasteiger partial charge in [0, 0.05) is 11.3 Å². The van der Waals surface area contributed by atoms with Gasteiger partial charge in [-0.1, -0.05) is 42.1 Å². The zero-order valence-corrected chi connectivity index (χ0v) is 12.0. The Morgan fingerprint density at radius 2 is 1.71 bits per heavy atom. The molecule has 1 heterocycles. The maximum absolute atomic E-state index is 12.8. The van der Waals surface area contributed by atoms with Crippen LogP contribution in [0.3, 0.4) is 0 Å². The van der Waals surface area contributed by atoms with E-state index >= 15 is 0 Å². The van der Waals surface area contributed by atoms with Gasteiger partial charge in [-0.05, 0) is 36.2 Å². The topological polar surface area (TPSA) is 38.9 Å². The van der Waals surface area contributed by atoms with Crippen molar-refractivity contribution < 1.29 is 8.81 Å². The molecule has 0 radical (unpaired) electrons. The molecule has 0 unspecified atom stereocenters. The van der Waals surface area contributed by atoms with Crippen LogP contribution in [0.1, 0.15) is 5.56 Å². The quantitative estimate of drug-likeness (QED) is 0.662. The van der Waals surface area contributed by atoms with Gasteiger partial charge in [-0.2, -0.15) is 0 Å². The molecule has 3 rings (SSSR count). The second-order valence-electron chi connectivity index (χ2n) is 4.46. The molecule has 106 valence electrons. The summed E-state index contributed by atoms with van der Waals surface area (Å²) in [6, 6.07) is 16.2. The summed E-state index contributed by atoms with van der Waals surface area (Å²) in [6.45, 7) is 0. The van der Waals surface area contributed by atoms with Crippen molar-refractivity contribution in [2.75, 3.05) is 5.75 Å². The van der Waals surface area contributed by atoms with Gasteiger partial charge in [0.05, 0.1) is 0 Å². The molecule has 0 aliphatic carbocycles. The molecule has 3 aromatic rings. The number of nitrogens with zero attached hydrogens (tertiary/aromatic N) is 2. The maximum atomic E-state index is 12.8. The molecule has 0 amide bonds. The summed E-state index contributed by atoms with van der Waals surface area (Å²) in [7, 11) is 0. The van der Waals surface area contributed by atoms with Crippen molar-refractivity contribution in [3.8, 4) is 11.5 Å². The van der Waals surface area contributed by atoms with Crippen LogP contribution >= 0.6 is 11.8 Å². The number of aromatic nitrogens is 2. The zero-order valence-electron chi connectivity index (χ0n) is 11.2. The Labute approximate surface area is 126 Å². The Kier molecular flexibility index (Phi) is 4.31. The van der Waals surface area contributed by atoms with E-state index in [-0.39, 0.29) is 5.82 Å². The van der Waals surface area contributed by atoms with Gasteiger partial charge in [-0.25, -0.2) is 4.39 Å². The minimum Gasteiger partial charge on any atom is -0.411 e. The fourth-order valence-corrected chi connectivity index (χ4v) is 2.62. The van der Waals surface area contributed by atoms with E-state index in [1.54, 1.807) is 12.1 Å². The van der Waals surface area contributed by atoms with Gasteiger partial charge in [0.2, 0.25) is 5.89 Å². The van der Waals surface area contributed by atoms with E-state index in [0.29, 0.717) is 11.1 Å². The molecule has 2 aromatic carbocycles. The van der Waals surface area contributed by atoms with Crippen LogP contribution in [0, 0.1) is 5.82 Å². The first-order valence-electron chi connectivity index (χ1n) is 6.57. The van der Waals surface area contributed by atoms with Gasteiger partial charge in [-0.15, -0.1) is 10.2 Å². The molecule has 0 aliphatic heterocycles. The summed E-state index contributed by atoms with van der Waals surface area (Å²) in [5, 5.41) is 8.61. The molecule has 3 nitrogen and oxygen atoms in total. The highest BCUT2D eigenvalue weighted by Crippen LogP contribution is 2.23. The van der Waals surface area contributed by atoms with Gasteiger partial charge < -0.3 is 4.42 Å². The van der Waals surface area contributed by atoms with Crippen molar-refractivity contribution in [1.82, 2.24) is 10.2 Å². The lowest BCUT2D eigenvalue weighted by molar-refractivity contribution is 0.466. The number of rotatable bonds is 5. The van der Waals surface area contributed by atoms with E-state index in [1.807, 2.05) is 30.3 Å². The average Bonchev–Trinajstić information content (AvgIpc) is 2.99. The van der Waals surface area contributed by atoms with Crippen LogP contribution in [0.15, 0.2) is 64.2 Å². The lowest BCUT2D eigenvalue weighted by Crippen LogP contribution is -1.88. The second kappa shape index (κ2) is 6.54. The highest BCUT2D eigenvalue weighted by Gasteiger charge is 2.08. The fraction of sp³-hybridized carbons (Fsp3) is 0.125. The van der Waals surface area contributed by atoms with Crippen molar-refractivity contribution in [1.29, 1.82) is 0 Å². The van der Waals surface area contributed by atoms with Crippen molar-refractivity contribution in [3.05, 3.63) is 66.0 Å². The van der Waals surface area contributed by atoms with E-state index in [4.69, 9.17) is 4.42 Å². The van der Waals surface area contributed by atoms with Crippen molar-refractivity contribution in [2.24, 2.45) is 0 Å². The standard InChI is InChI=1S/C16H13FN2OS/c17-14-8-6-12(7-9-14)10-11-21-16-19-18-15(20-16)13-4-2-1-3-5-13/h1-9H,10-11H2. The van der Waals surface area contributed by atoms with Crippen LogP contribution in [-0.2, 0) is 6.42 Å². The lowest BCUT2D eigenvalue weighted by Gasteiger charge is -1.99. The first-order chi connectivity index (χ1) is 10.3. The fourth-order valence-electron chi connectivity index (χ4n) is 1.87. The molecule has 0 bridgehead atoms. The number of hydrogen-bond acceptors (Lipinski definition) is 4. The third kappa shape index (κ3) is 3.70. The second-order valence-corrected chi connectivity index (χ2v) is 5.51. The Morgan fingerprint density at radius 1 is 0.952 bits per heavy atom. The van der Waals surface area contributed by atoms with E-state index in [9.17, 15) is 4.39 Å². The Balaban J connectivity index is 1.57. The molecule has 0 spiro atoms. The average molecular weight is 300 g/mol. The third-order valence-electron chi connectivity index (χ3n) is 2.96. The lowest BCUT2D eigenvalue weighted by atomic mass is 10.2. The number of halogens is 1. The minimum atomic E-state index is -0.212. The van der Waals surface area contributed by atoms with Crippen molar-refractivity contribution in [3.63, 3.8) is 0 Å². The Morgan fingerprint density at radius 3 is 2.48 bits per heavy atom. The monoisotopic (exact) mass is 300 g/mol. The van der Waals surface area contributed by atoms with Crippen LogP contribution < -0.4 is 0 Å². The minimum absolute atomic E-state index is 0.212. The van der Waals surface area contributed by atoms with Crippen LogP contribution in [-0.4, -0.2) is 16.0 Å². The predicted octanol–water partition coefficient (Wildman–Crippen LogP) is 4.21. The van der Waals surface area contributed by atoms with Crippen LogP contribution in [0.25, 0.3) is 11.5 Å². The Bertz CT molecular complexity index is 698. The first-order valence-corrected chi connectivity index (χ1v) is 7.56. The summed E-state index contributed by atoms with van der Waals surface area (Å²) >= 11 is 1.50. The summed E-state index contributed by atoms with van der Waals surface area (Å²) in [5.74, 6) is 1.12. The molecule has 0 fully saturated rings. The highest BCUT2D eigenvalue weighted by atomic mass is 32.2. The molecule has 5 heteroatoms. The molecule has 0 aliphatic rings. The maximum Gasteiger partial charge on any atom is 0.276 e. The summed E-state index contributed by atoms with van der Waals surface area (Å²) in [6.07, 6.45) is 0.827. The largest absolute Gasteiger partial charge is 0.411 e. The molecule has 0 saturated heterocycles. The molecule has 0 atom stereocenters. The normalized spacial score (nSPS) is 10.7. The highest BCUT2D eigenvalue weighted by molar-refractivity contribution is 7.99.